The van der Waals surface area contributed by atoms with Gasteiger partial charge in [0.1, 0.15) is 12.4 Å². The van der Waals surface area contributed by atoms with Crippen LogP contribution in [0.4, 0.5) is 22.7 Å². The summed E-state index contributed by atoms with van der Waals surface area (Å²) >= 11 is 5.72. The quantitative estimate of drug-likeness (QED) is 0.684. The molecule has 9 heteroatoms. The third-order valence-electron chi connectivity index (χ3n) is 2.41. The molecule has 20 heavy (non-hydrogen) atoms. The Morgan fingerprint density at radius 2 is 1.50 bits per heavy atom. The van der Waals surface area contributed by atoms with Crippen molar-refractivity contribution in [1.82, 2.24) is 4.98 Å². The number of anilines is 2. The van der Waals surface area contributed by atoms with Crippen LogP contribution in [0.2, 0.25) is 5.02 Å². The smallest absolute Gasteiger partial charge is 0.317 e. The molecule has 2 rings (SSSR count). The SMILES string of the molecule is O=[N+]([O-])c1cncc([N+](=O)[O-])c1Nc1ccc(Cl)cc1. The maximum absolute atomic E-state index is 10.9. The van der Waals surface area contributed by atoms with Crippen LogP contribution in [-0.4, -0.2) is 14.8 Å². The minimum absolute atomic E-state index is 0.225. The molecule has 0 fully saturated rings. The fraction of sp³-hybridized carbons (Fsp3) is 0. The standard InChI is InChI=1S/C11H7ClN4O4/c12-7-1-3-8(4-2-7)14-11-9(15(17)18)5-13-6-10(11)16(19)20/h1-6H,(H,13,14). The van der Waals surface area contributed by atoms with Gasteiger partial charge in [-0.25, -0.2) is 0 Å². The molecule has 102 valence electrons. The van der Waals surface area contributed by atoms with Gasteiger partial charge in [0.25, 0.3) is 0 Å². The van der Waals surface area contributed by atoms with Gasteiger partial charge < -0.3 is 5.32 Å². The summed E-state index contributed by atoms with van der Waals surface area (Å²) in [7, 11) is 0. The van der Waals surface area contributed by atoms with Gasteiger partial charge in [0.15, 0.2) is 5.69 Å². The molecule has 0 bridgehead atoms. The van der Waals surface area contributed by atoms with Gasteiger partial charge in [0.2, 0.25) is 0 Å². The second kappa shape index (κ2) is 5.49. The molecule has 8 nitrogen and oxygen atoms in total. The van der Waals surface area contributed by atoms with E-state index in [1.165, 1.54) is 0 Å². The molecule has 0 aliphatic rings. The van der Waals surface area contributed by atoms with Crippen molar-refractivity contribution in [3.05, 3.63) is 61.9 Å². The summed E-state index contributed by atoms with van der Waals surface area (Å²) in [5, 5.41) is 25.0. The minimum atomic E-state index is -0.738. The Labute approximate surface area is 117 Å². The highest BCUT2D eigenvalue weighted by Gasteiger charge is 2.25. The number of aromatic nitrogens is 1. The van der Waals surface area contributed by atoms with E-state index in [0.29, 0.717) is 10.7 Å². The van der Waals surface area contributed by atoms with Gasteiger partial charge in [-0.15, -0.1) is 0 Å². The van der Waals surface area contributed by atoms with Crippen LogP contribution in [0.1, 0.15) is 0 Å². The van der Waals surface area contributed by atoms with Crippen molar-refractivity contribution >= 4 is 34.4 Å². The topological polar surface area (TPSA) is 111 Å². The number of hydrogen-bond donors (Lipinski definition) is 1. The van der Waals surface area contributed by atoms with E-state index in [1.807, 2.05) is 0 Å². The third kappa shape index (κ3) is 2.81. The average molecular weight is 295 g/mol. The molecule has 0 spiro atoms. The summed E-state index contributed by atoms with van der Waals surface area (Å²) in [5.74, 6) is 0. The Hall–Kier alpha value is -2.74. The monoisotopic (exact) mass is 294 g/mol. The van der Waals surface area contributed by atoms with Crippen LogP contribution < -0.4 is 5.32 Å². The normalized spacial score (nSPS) is 10.1. The van der Waals surface area contributed by atoms with Crippen LogP contribution in [0, 0.1) is 20.2 Å². The number of halogens is 1. The molecule has 0 saturated heterocycles. The molecule has 2 aromatic rings. The molecule has 1 aromatic carbocycles. The molecule has 1 heterocycles. The Bertz CT molecular complexity index is 642. The lowest BCUT2D eigenvalue weighted by atomic mass is 10.2. The van der Waals surface area contributed by atoms with E-state index in [9.17, 15) is 20.2 Å². The number of nitrogens with zero attached hydrogens (tertiary/aromatic N) is 3. The first-order chi connectivity index (χ1) is 9.49. The van der Waals surface area contributed by atoms with Gasteiger partial charge in [-0.1, -0.05) is 11.6 Å². The van der Waals surface area contributed by atoms with Crippen molar-refractivity contribution in [3.63, 3.8) is 0 Å². The van der Waals surface area contributed by atoms with E-state index in [1.54, 1.807) is 24.3 Å². The summed E-state index contributed by atoms with van der Waals surface area (Å²) in [5.41, 5.74) is -0.743. The lowest BCUT2D eigenvalue weighted by molar-refractivity contribution is -0.392. The average Bonchev–Trinajstić information content (AvgIpc) is 2.41. The van der Waals surface area contributed by atoms with Crippen molar-refractivity contribution < 1.29 is 9.85 Å². The second-order valence-corrected chi connectivity index (χ2v) is 4.14. The molecule has 0 unspecified atom stereocenters. The van der Waals surface area contributed by atoms with Gasteiger partial charge in [-0.2, -0.15) is 0 Å². The van der Waals surface area contributed by atoms with Gasteiger partial charge in [0, 0.05) is 10.7 Å². The molecular formula is C11H7ClN4O4. The summed E-state index contributed by atoms with van der Waals surface area (Å²) in [6.45, 7) is 0. The Balaban J connectivity index is 2.50. The number of benzene rings is 1. The van der Waals surface area contributed by atoms with E-state index >= 15 is 0 Å². The first kappa shape index (κ1) is 13.7. The van der Waals surface area contributed by atoms with Crippen molar-refractivity contribution in [2.45, 2.75) is 0 Å². The molecule has 0 atom stereocenters. The Morgan fingerprint density at radius 1 is 1.00 bits per heavy atom. The van der Waals surface area contributed by atoms with Gasteiger partial charge in [-0.05, 0) is 24.3 Å². The van der Waals surface area contributed by atoms with Crippen LogP contribution >= 0.6 is 11.6 Å². The number of rotatable bonds is 4. The Kier molecular flexibility index (Phi) is 3.76. The van der Waals surface area contributed by atoms with E-state index < -0.39 is 21.2 Å². The number of pyridine rings is 1. The molecular weight excluding hydrogens is 288 g/mol. The van der Waals surface area contributed by atoms with E-state index in [0.717, 1.165) is 12.4 Å². The fourth-order valence-corrected chi connectivity index (χ4v) is 1.65. The van der Waals surface area contributed by atoms with Crippen LogP contribution in [0.15, 0.2) is 36.7 Å². The fourth-order valence-electron chi connectivity index (χ4n) is 1.52. The zero-order chi connectivity index (χ0) is 14.7. The molecule has 1 N–H and O–H groups in total. The summed E-state index contributed by atoms with van der Waals surface area (Å²) in [6.07, 6.45) is 1.90. The lowest BCUT2D eigenvalue weighted by Crippen LogP contribution is -2.02. The minimum Gasteiger partial charge on any atom is -0.344 e. The van der Waals surface area contributed by atoms with Gasteiger partial charge >= 0.3 is 11.4 Å². The molecule has 0 amide bonds. The first-order valence-corrected chi connectivity index (χ1v) is 5.66. The summed E-state index contributed by atoms with van der Waals surface area (Å²) < 4.78 is 0. The first-order valence-electron chi connectivity index (χ1n) is 5.28. The van der Waals surface area contributed by atoms with E-state index in [2.05, 4.69) is 10.3 Å². The molecule has 0 radical (unpaired) electrons. The van der Waals surface area contributed by atoms with Crippen LogP contribution in [0.25, 0.3) is 0 Å². The largest absolute Gasteiger partial charge is 0.344 e. The second-order valence-electron chi connectivity index (χ2n) is 3.70. The van der Waals surface area contributed by atoms with Gasteiger partial charge in [0.05, 0.1) is 9.85 Å². The lowest BCUT2D eigenvalue weighted by Gasteiger charge is -2.07. The highest BCUT2D eigenvalue weighted by Crippen LogP contribution is 2.35. The van der Waals surface area contributed by atoms with Crippen molar-refractivity contribution in [1.29, 1.82) is 0 Å². The zero-order valence-corrected chi connectivity index (χ0v) is 10.6. The molecule has 0 aliphatic heterocycles. The van der Waals surface area contributed by atoms with Crippen molar-refractivity contribution in [2.24, 2.45) is 0 Å². The van der Waals surface area contributed by atoms with Crippen LogP contribution in [-0.2, 0) is 0 Å². The number of nitro groups is 2. The van der Waals surface area contributed by atoms with Gasteiger partial charge in [-0.3, -0.25) is 25.2 Å². The van der Waals surface area contributed by atoms with Crippen molar-refractivity contribution in [3.8, 4) is 0 Å². The van der Waals surface area contributed by atoms with E-state index in [4.69, 9.17) is 11.6 Å². The Morgan fingerprint density at radius 3 is 1.95 bits per heavy atom. The molecule has 0 aliphatic carbocycles. The highest BCUT2D eigenvalue weighted by molar-refractivity contribution is 6.30. The van der Waals surface area contributed by atoms with E-state index in [-0.39, 0.29) is 5.69 Å². The zero-order valence-electron chi connectivity index (χ0n) is 9.82. The summed E-state index contributed by atoms with van der Waals surface area (Å²) in [6, 6.07) is 6.22. The van der Waals surface area contributed by atoms with Crippen LogP contribution in [0.3, 0.4) is 0 Å². The predicted molar refractivity (Wildman–Crippen MR) is 72.3 cm³/mol. The highest BCUT2D eigenvalue weighted by atomic mass is 35.5. The summed E-state index contributed by atoms with van der Waals surface area (Å²) in [4.78, 5) is 23.9. The maximum Gasteiger partial charge on any atom is 0.317 e. The predicted octanol–water partition coefficient (Wildman–Crippen LogP) is 3.30. The number of nitrogens with one attached hydrogen (secondary N) is 1. The molecule has 0 saturated carbocycles. The number of hydrogen-bond acceptors (Lipinski definition) is 6. The maximum atomic E-state index is 10.9. The van der Waals surface area contributed by atoms with Crippen molar-refractivity contribution in [2.75, 3.05) is 5.32 Å². The molecule has 1 aromatic heterocycles. The third-order valence-corrected chi connectivity index (χ3v) is 2.66. The van der Waals surface area contributed by atoms with Crippen LogP contribution in [0.5, 0.6) is 0 Å².